The highest BCUT2D eigenvalue weighted by atomic mass is 35.5. The van der Waals surface area contributed by atoms with E-state index in [0.29, 0.717) is 11.3 Å². The second kappa shape index (κ2) is 7.27. The summed E-state index contributed by atoms with van der Waals surface area (Å²) in [6, 6.07) is 17.0. The van der Waals surface area contributed by atoms with Crippen molar-refractivity contribution in [3.63, 3.8) is 0 Å². The summed E-state index contributed by atoms with van der Waals surface area (Å²) >= 11 is 7.95. The van der Waals surface area contributed by atoms with Gasteiger partial charge < -0.3 is 0 Å². The molecule has 1 fully saturated rings. The molecule has 1 saturated carbocycles. The predicted octanol–water partition coefficient (Wildman–Crippen LogP) is 5.68. The summed E-state index contributed by atoms with van der Waals surface area (Å²) in [5.41, 5.74) is 3.53. The Labute approximate surface area is 142 Å². The van der Waals surface area contributed by atoms with Crippen LogP contribution in [-0.4, -0.2) is 11.6 Å². The van der Waals surface area contributed by atoms with Crippen molar-refractivity contribution < 1.29 is 0 Å². The van der Waals surface area contributed by atoms with Gasteiger partial charge in [0.05, 0.1) is 0 Å². The van der Waals surface area contributed by atoms with E-state index in [1.165, 1.54) is 16.9 Å². The zero-order chi connectivity index (χ0) is 15.4. The number of rotatable bonds is 2. The second-order valence-electron chi connectivity index (χ2n) is 5.71. The maximum Gasteiger partial charge on any atom is 0.0342 e. The summed E-state index contributed by atoms with van der Waals surface area (Å²) < 4.78 is 0. The van der Waals surface area contributed by atoms with Crippen LogP contribution in [0.3, 0.4) is 0 Å². The van der Waals surface area contributed by atoms with Crippen molar-refractivity contribution in [3.8, 4) is 11.8 Å². The van der Waals surface area contributed by atoms with Gasteiger partial charge in [0.25, 0.3) is 0 Å². The molecule has 1 aliphatic carbocycles. The fourth-order valence-electron chi connectivity index (χ4n) is 2.89. The van der Waals surface area contributed by atoms with Gasteiger partial charge >= 0.3 is 0 Å². The molecule has 0 N–H and O–H groups in total. The Bertz CT molecular complexity index is 676. The van der Waals surface area contributed by atoms with E-state index in [2.05, 4.69) is 66.6 Å². The van der Waals surface area contributed by atoms with Gasteiger partial charge in [0.1, 0.15) is 0 Å². The van der Waals surface area contributed by atoms with Crippen LogP contribution in [-0.2, 0) is 0 Å². The van der Waals surface area contributed by atoms with Crippen molar-refractivity contribution in [1.29, 1.82) is 0 Å². The lowest BCUT2D eigenvalue weighted by molar-refractivity contribution is 0.724. The van der Waals surface area contributed by atoms with E-state index in [1.807, 2.05) is 0 Å². The van der Waals surface area contributed by atoms with Gasteiger partial charge in [-0.3, -0.25) is 0 Å². The average molecular weight is 327 g/mol. The van der Waals surface area contributed by atoms with Crippen LogP contribution in [0, 0.1) is 11.8 Å². The third-order valence-electron chi connectivity index (χ3n) is 4.19. The Hall–Kier alpha value is -1.36. The van der Waals surface area contributed by atoms with Gasteiger partial charge in [0, 0.05) is 21.4 Å². The first-order valence-electron chi connectivity index (χ1n) is 7.64. The molecule has 0 heterocycles. The lowest BCUT2D eigenvalue weighted by Crippen LogP contribution is -1.94. The van der Waals surface area contributed by atoms with E-state index >= 15 is 0 Å². The predicted molar refractivity (Wildman–Crippen MR) is 96.9 cm³/mol. The standard InChI is InChI=1S/C20H19ClS/c1-22-20-12-6-16(7-13-20)3-2-15-4-8-17(9-5-15)18-10-11-19(21)14-18/h4-9,12-13,18-19H,10-11,14H2,1H3. The molecule has 2 aromatic carbocycles. The summed E-state index contributed by atoms with van der Waals surface area (Å²) in [5.74, 6) is 7.10. The third-order valence-corrected chi connectivity index (χ3v) is 5.33. The Morgan fingerprint density at radius 2 is 1.50 bits per heavy atom. The highest BCUT2D eigenvalue weighted by molar-refractivity contribution is 7.98. The molecule has 0 aromatic heterocycles. The molecule has 3 rings (SSSR count). The number of halogens is 1. The molecule has 0 nitrogen and oxygen atoms in total. The van der Waals surface area contributed by atoms with Crippen molar-refractivity contribution in [2.24, 2.45) is 0 Å². The molecule has 2 heteroatoms. The minimum absolute atomic E-state index is 0.355. The Morgan fingerprint density at radius 1 is 0.909 bits per heavy atom. The van der Waals surface area contributed by atoms with Crippen molar-refractivity contribution in [2.75, 3.05) is 6.26 Å². The zero-order valence-electron chi connectivity index (χ0n) is 12.7. The average Bonchev–Trinajstić information content (AvgIpc) is 3.00. The van der Waals surface area contributed by atoms with Gasteiger partial charge in [-0.2, -0.15) is 0 Å². The highest BCUT2D eigenvalue weighted by Crippen LogP contribution is 2.36. The summed E-state index contributed by atoms with van der Waals surface area (Å²) in [4.78, 5) is 1.27. The van der Waals surface area contributed by atoms with Crippen LogP contribution in [0.25, 0.3) is 0 Å². The normalized spacial score (nSPS) is 20.5. The summed E-state index contributed by atoms with van der Waals surface area (Å²) in [7, 11) is 0. The maximum atomic E-state index is 6.20. The lowest BCUT2D eigenvalue weighted by atomic mass is 9.97. The molecule has 0 aliphatic heterocycles. The molecule has 22 heavy (non-hydrogen) atoms. The zero-order valence-corrected chi connectivity index (χ0v) is 14.3. The minimum atomic E-state index is 0.355. The van der Waals surface area contributed by atoms with Crippen molar-refractivity contribution in [3.05, 3.63) is 65.2 Å². The fourth-order valence-corrected chi connectivity index (χ4v) is 3.64. The van der Waals surface area contributed by atoms with Crippen LogP contribution in [0.2, 0.25) is 0 Å². The van der Waals surface area contributed by atoms with Crippen LogP contribution in [0.15, 0.2) is 53.4 Å². The first-order valence-corrected chi connectivity index (χ1v) is 9.31. The third kappa shape index (κ3) is 3.88. The molecular formula is C20H19ClS. The van der Waals surface area contributed by atoms with Gasteiger partial charge in [-0.1, -0.05) is 24.0 Å². The van der Waals surface area contributed by atoms with E-state index < -0.39 is 0 Å². The topological polar surface area (TPSA) is 0 Å². The molecule has 0 radical (unpaired) electrons. The van der Waals surface area contributed by atoms with E-state index in [9.17, 15) is 0 Å². The van der Waals surface area contributed by atoms with E-state index in [1.54, 1.807) is 11.8 Å². The molecule has 2 atom stereocenters. The largest absolute Gasteiger partial charge is 0.130 e. The molecule has 1 aliphatic rings. The number of alkyl halides is 1. The van der Waals surface area contributed by atoms with Gasteiger partial charge in [-0.15, -0.1) is 23.4 Å². The SMILES string of the molecule is CSc1ccc(C#Cc2ccc(C3CCC(Cl)C3)cc2)cc1. The molecule has 112 valence electrons. The van der Waals surface area contributed by atoms with Crippen LogP contribution in [0.5, 0.6) is 0 Å². The first-order chi connectivity index (χ1) is 10.7. The molecule has 2 unspecified atom stereocenters. The lowest BCUT2D eigenvalue weighted by Gasteiger charge is -2.09. The Kier molecular flexibility index (Phi) is 5.13. The van der Waals surface area contributed by atoms with Crippen LogP contribution in [0.4, 0.5) is 0 Å². The monoisotopic (exact) mass is 326 g/mol. The van der Waals surface area contributed by atoms with Crippen molar-refractivity contribution in [1.82, 2.24) is 0 Å². The summed E-state index contributed by atoms with van der Waals surface area (Å²) in [5, 5.41) is 0.355. The molecule has 0 spiro atoms. The van der Waals surface area contributed by atoms with Crippen LogP contribution < -0.4 is 0 Å². The van der Waals surface area contributed by atoms with Crippen LogP contribution in [0.1, 0.15) is 41.9 Å². The quantitative estimate of drug-likeness (QED) is 0.388. The van der Waals surface area contributed by atoms with E-state index in [0.717, 1.165) is 24.0 Å². The summed E-state index contributed by atoms with van der Waals surface area (Å²) in [6.45, 7) is 0. The molecule has 0 bridgehead atoms. The minimum Gasteiger partial charge on any atom is -0.130 e. The fraction of sp³-hybridized carbons (Fsp3) is 0.300. The number of hydrogen-bond donors (Lipinski definition) is 0. The Morgan fingerprint density at radius 3 is 2.00 bits per heavy atom. The molecule has 0 saturated heterocycles. The number of benzene rings is 2. The number of thioether (sulfide) groups is 1. The van der Waals surface area contributed by atoms with Crippen LogP contribution >= 0.6 is 23.4 Å². The van der Waals surface area contributed by atoms with Gasteiger partial charge in [-0.05, 0) is 73.4 Å². The van der Waals surface area contributed by atoms with Gasteiger partial charge in [0.2, 0.25) is 0 Å². The van der Waals surface area contributed by atoms with E-state index in [4.69, 9.17) is 11.6 Å². The van der Waals surface area contributed by atoms with Crippen molar-refractivity contribution in [2.45, 2.75) is 35.5 Å². The van der Waals surface area contributed by atoms with Gasteiger partial charge in [-0.25, -0.2) is 0 Å². The Balaban J connectivity index is 1.69. The second-order valence-corrected chi connectivity index (χ2v) is 7.20. The number of hydrogen-bond acceptors (Lipinski definition) is 1. The van der Waals surface area contributed by atoms with E-state index in [-0.39, 0.29) is 0 Å². The first kappa shape index (κ1) is 15.5. The highest BCUT2D eigenvalue weighted by Gasteiger charge is 2.23. The maximum absolute atomic E-state index is 6.20. The molecule has 0 amide bonds. The van der Waals surface area contributed by atoms with Gasteiger partial charge in [0.15, 0.2) is 0 Å². The smallest absolute Gasteiger partial charge is 0.0342 e. The van der Waals surface area contributed by atoms with Crippen molar-refractivity contribution >= 4 is 23.4 Å². The molecule has 2 aromatic rings. The summed E-state index contributed by atoms with van der Waals surface area (Å²) in [6.07, 6.45) is 5.54. The molecular weight excluding hydrogens is 308 g/mol.